The number of nitriles is 1. The van der Waals surface area contributed by atoms with Crippen molar-refractivity contribution >= 4 is 15.7 Å². The Labute approximate surface area is 119 Å². The molecular weight excluding hydrogens is 274 g/mol. The average Bonchev–Trinajstić information content (AvgIpc) is 2.46. The summed E-state index contributed by atoms with van der Waals surface area (Å²) in [6, 6.07) is 6.15. The molecule has 1 aliphatic rings. The predicted molar refractivity (Wildman–Crippen MR) is 77.3 cm³/mol. The van der Waals surface area contributed by atoms with Gasteiger partial charge in [-0.05, 0) is 37.0 Å². The van der Waals surface area contributed by atoms with Gasteiger partial charge in [0.15, 0.2) is 0 Å². The fourth-order valence-corrected chi connectivity index (χ4v) is 3.82. The minimum atomic E-state index is -3.65. The molecule has 20 heavy (non-hydrogen) atoms. The van der Waals surface area contributed by atoms with Gasteiger partial charge in [0.1, 0.15) is 6.07 Å². The molecule has 108 valence electrons. The van der Waals surface area contributed by atoms with Gasteiger partial charge in [0, 0.05) is 12.2 Å². The highest BCUT2D eigenvalue weighted by atomic mass is 32.2. The van der Waals surface area contributed by atoms with Crippen LogP contribution in [0, 0.1) is 17.2 Å². The molecule has 1 aromatic rings. The third-order valence-corrected chi connectivity index (χ3v) is 5.18. The summed E-state index contributed by atoms with van der Waals surface area (Å²) in [7, 11) is -3.65. The van der Waals surface area contributed by atoms with Gasteiger partial charge in [-0.3, -0.25) is 0 Å². The minimum Gasteiger partial charge on any atom is -0.399 e. The maximum Gasteiger partial charge on any atom is 0.241 e. The number of anilines is 1. The van der Waals surface area contributed by atoms with Crippen LogP contribution in [0.2, 0.25) is 0 Å². The number of hydrogen-bond donors (Lipinski definition) is 2. The first-order valence-electron chi connectivity index (χ1n) is 6.82. The average molecular weight is 293 g/mol. The van der Waals surface area contributed by atoms with Crippen LogP contribution < -0.4 is 10.5 Å². The monoisotopic (exact) mass is 293 g/mol. The maximum atomic E-state index is 12.3. The molecule has 0 heterocycles. The van der Waals surface area contributed by atoms with Crippen molar-refractivity contribution in [3.05, 3.63) is 23.8 Å². The number of rotatable bonds is 4. The van der Waals surface area contributed by atoms with E-state index in [1.54, 1.807) is 0 Å². The van der Waals surface area contributed by atoms with Crippen molar-refractivity contribution in [2.45, 2.75) is 37.0 Å². The van der Waals surface area contributed by atoms with Crippen molar-refractivity contribution < 1.29 is 8.42 Å². The Morgan fingerprint density at radius 3 is 2.65 bits per heavy atom. The molecule has 6 heteroatoms. The summed E-state index contributed by atoms with van der Waals surface area (Å²) < 4.78 is 27.1. The quantitative estimate of drug-likeness (QED) is 0.830. The number of benzene rings is 1. The molecule has 3 N–H and O–H groups in total. The molecule has 2 rings (SSSR count). The fraction of sp³-hybridized carbons (Fsp3) is 0.500. The number of nitrogen functional groups attached to an aromatic ring is 1. The molecule has 5 nitrogen and oxygen atoms in total. The summed E-state index contributed by atoms with van der Waals surface area (Å²) in [6.45, 7) is 0.442. The lowest BCUT2D eigenvalue weighted by Crippen LogP contribution is -2.30. The Morgan fingerprint density at radius 1 is 1.30 bits per heavy atom. The van der Waals surface area contributed by atoms with Gasteiger partial charge in [0.05, 0.1) is 10.5 Å². The molecule has 1 saturated carbocycles. The van der Waals surface area contributed by atoms with E-state index in [2.05, 4.69) is 4.72 Å². The second-order valence-electron chi connectivity index (χ2n) is 5.22. The maximum absolute atomic E-state index is 12.3. The normalized spacial score (nSPS) is 16.8. The van der Waals surface area contributed by atoms with E-state index >= 15 is 0 Å². The van der Waals surface area contributed by atoms with Gasteiger partial charge in [-0.25, -0.2) is 13.1 Å². The number of hydrogen-bond acceptors (Lipinski definition) is 4. The summed E-state index contributed by atoms with van der Waals surface area (Å²) in [5, 5.41) is 9.03. The van der Waals surface area contributed by atoms with E-state index in [1.807, 2.05) is 6.07 Å². The van der Waals surface area contributed by atoms with Crippen molar-refractivity contribution in [1.82, 2.24) is 4.72 Å². The van der Waals surface area contributed by atoms with Crippen LogP contribution in [0.3, 0.4) is 0 Å². The third-order valence-electron chi connectivity index (χ3n) is 3.70. The number of nitrogens with zero attached hydrogens (tertiary/aromatic N) is 1. The van der Waals surface area contributed by atoms with Crippen molar-refractivity contribution in [3.63, 3.8) is 0 Å². The second kappa shape index (κ2) is 6.25. The van der Waals surface area contributed by atoms with Crippen LogP contribution in [0.25, 0.3) is 0 Å². The highest BCUT2D eigenvalue weighted by Crippen LogP contribution is 2.24. The Kier molecular flexibility index (Phi) is 4.63. The second-order valence-corrected chi connectivity index (χ2v) is 6.96. The zero-order valence-corrected chi connectivity index (χ0v) is 12.1. The fourth-order valence-electron chi connectivity index (χ4n) is 2.57. The first-order valence-corrected chi connectivity index (χ1v) is 8.30. The summed E-state index contributed by atoms with van der Waals surface area (Å²) in [6.07, 6.45) is 5.69. The Morgan fingerprint density at radius 2 is 2.00 bits per heavy atom. The molecule has 0 saturated heterocycles. The zero-order valence-electron chi connectivity index (χ0n) is 11.3. The molecule has 0 aliphatic heterocycles. The molecule has 0 bridgehead atoms. The Bertz CT molecular complexity index is 614. The van der Waals surface area contributed by atoms with Crippen LogP contribution in [-0.4, -0.2) is 15.0 Å². The smallest absolute Gasteiger partial charge is 0.241 e. The van der Waals surface area contributed by atoms with Crippen LogP contribution in [-0.2, 0) is 10.0 Å². The van der Waals surface area contributed by atoms with Gasteiger partial charge < -0.3 is 5.73 Å². The highest BCUT2D eigenvalue weighted by molar-refractivity contribution is 7.89. The van der Waals surface area contributed by atoms with E-state index in [4.69, 9.17) is 11.0 Å². The van der Waals surface area contributed by atoms with Crippen LogP contribution in [0.4, 0.5) is 5.69 Å². The van der Waals surface area contributed by atoms with Gasteiger partial charge in [0.2, 0.25) is 10.0 Å². The molecule has 0 atom stereocenters. The standard InChI is InChI=1S/C14H19N3O2S/c15-9-12-8-13(16)6-7-14(12)20(18,19)17-10-11-4-2-1-3-5-11/h6-8,11,17H,1-5,10,16H2. The Hall–Kier alpha value is -1.58. The molecule has 1 aromatic carbocycles. The van der Waals surface area contributed by atoms with E-state index < -0.39 is 10.0 Å². The lowest BCUT2D eigenvalue weighted by Gasteiger charge is -2.21. The minimum absolute atomic E-state index is 0.00464. The van der Waals surface area contributed by atoms with Crippen LogP contribution in [0.5, 0.6) is 0 Å². The van der Waals surface area contributed by atoms with Crippen LogP contribution in [0.15, 0.2) is 23.1 Å². The predicted octanol–water partition coefficient (Wildman–Crippen LogP) is 2.00. The van der Waals surface area contributed by atoms with Gasteiger partial charge in [-0.2, -0.15) is 5.26 Å². The van der Waals surface area contributed by atoms with E-state index in [0.717, 1.165) is 25.7 Å². The summed E-state index contributed by atoms with van der Waals surface area (Å²) in [5.74, 6) is 0.401. The first kappa shape index (κ1) is 14.8. The molecule has 0 aromatic heterocycles. The van der Waals surface area contributed by atoms with Crippen LogP contribution >= 0.6 is 0 Å². The van der Waals surface area contributed by atoms with Crippen molar-refractivity contribution in [2.75, 3.05) is 12.3 Å². The number of sulfonamides is 1. The molecule has 1 fully saturated rings. The molecule has 0 unspecified atom stereocenters. The van der Waals surface area contributed by atoms with E-state index in [0.29, 0.717) is 18.2 Å². The SMILES string of the molecule is N#Cc1cc(N)ccc1S(=O)(=O)NCC1CCCCC1. The van der Waals surface area contributed by atoms with E-state index in [-0.39, 0.29) is 10.5 Å². The van der Waals surface area contributed by atoms with Crippen molar-refractivity contribution in [1.29, 1.82) is 5.26 Å². The van der Waals surface area contributed by atoms with Crippen molar-refractivity contribution in [2.24, 2.45) is 5.92 Å². The zero-order chi connectivity index (χ0) is 14.6. The number of nitrogens with one attached hydrogen (secondary N) is 1. The summed E-state index contributed by atoms with van der Waals surface area (Å²) >= 11 is 0. The van der Waals surface area contributed by atoms with Crippen LogP contribution in [0.1, 0.15) is 37.7 Å². The molecule has 0 amide bonds. The largest absolute Gasteiger partial charge is 0.399 e. The topological polar surface area (TPSA) is 96.0 Å². The molecule has 1 aliphatic carbocycles. The molecule has 0 spiro atoms. The Balaban J connectivity index is 2.12. The van der Waals surface area contributed by atoms with Gasteiger partial charge >= 0.3 is 0 Å². The van der Waals surface area contributed by atoms with E-state index in [1.165, 1.54) is 24.6 Å². The summed E-state index contributed by atoms with van der Waals surface area (Å²) in [4.78, 5) is 0.00464. The lowest BCUT2D eigenvalue weighted by atomic mass is 9.90. The number of nitrogens with two attached hydrogens (primary N) is 1. The van der Waals surface area contributed by atoms with Gasteiger partial charge in [-0.15, -0.1) is 0 Å². The van der Waals surface area contributed by atoms with E-state index in [9.17, 15) is 8.42 Å². The lowest BCUT2D eigenvalue weighted by molar-refractivity contribution is 0.357. The third kappa shape index (κ3) is 3.50. The van der Waals surface area contributed by atoms with Gasteiger partial charge in [0.25, 0.3) is 0 Å². The van der Waals surface area contributed by atoms with Crippen molar-refractivity contribution in [3.8, 4) is 6.07 Å². The summed E-state index contributed by atoms with van der Waals surface area (Å²) in [5.41, 5.74) is 6.04. The molecule has 0 radical (unpaired) electrons. The van der Waals surface area contributed by atoms with Gasteiger partial charge in [-0.1, -0.05) is 19.3 Å². The highest BCUT2D eigenvalue weighted by Gasteiger charge is 2.21. The molecular formula is C14H19N3O2S. The first-order chi connectivity index (χ1) is 9.53.